The molecule has 0 saturated carbocycles. The SMILES string of the molecule is COc1ccc(C(C)=O)cc1CSCC(=O)Nc1c(C)nn(-c2ccc(C)cc2)c1C. The van der Waals surface area contributed by atoms with E-state index in [9.17, 15) is 9.59 Å². The fraction of sp³-hybridized carbons (Fsp3) is 0.292. The van der Waals surface area contributed by atoms with E-state index >= 15 is 0 Å². The quantitative estimate of drug-likeness (QED) is 0.509. The zero-order chi connectivity index (χ0) is 22.5. The standard InChI is InChI=1S/C24H27N3O3S/c1-15-6-9-21(10-7-15)27-17(3)24(16(2)26-27)25-23(29)14-31-13-20-12-19(18(4)28)8-11-22(20)30-5/h6-12H,13-14H2,1-5H3,(H,25,29). The molecule has 6 nitrogen and oxygen atoms in total. The number of nitrogens with zero attached hydrogens (tertiary/aromatic N) is 2. The predicted molar refractivity (Wildman–Crippen MR) is 126 cm³/mol. The summed E-state index contributed by atoms with van der Waals surface area (Å²) in [6.07, 6.45) is 0. The third kappa shape index (κ3) is 5.35. The van der Waals surface area contributed by atoms with Crippen molar-refractivity contribution in [2.75, 3.05) is 18.2 Å². The van der Waals surface area contributed by atoms with Crippen LogP contribution in [0.2, 0.25) is 0 Å². The van der Waals surface area contributed by atoms with Gasteiger partial charge in [0, 0.05) is 16.9 Å². The molecule has 1 amide bonds. The van der Waals surface area contributed by atoms with Gasteiger partial charge in [-0.1, -0.05) is 17.7 Å². The summed E-state index contributed by atoms with van der Waals surface area (Å²) in [6.45, 7) is 7.41. The molecular weight excluding hydrogens is 410 g/mol. The van der Waals surface area contributed by atoms with Crippen molar-refractivity contribution in [3.8, 4) is 11.4 Å². The minimum Gasteiger partial charge on any atom is -0.496 e. The number of benzene rings is 2. The van der Waals surface area contributed by atoms with Gasteiger partial charge in [0.1, 0.15) is 5.75 Å². The summed E-state index contributed by atoms with van der Waals surface area (Å²) < 4.78 is 7.22. The van der Waals surface area contributed by atoms with Gasteiger partial charge >= 0.3 is 0 Å². The molecule has 0 aliphatic carbocycles. The molecular formula is C24H27N3O3S. The smallest absolute Gasteiger partial charge is 0.234 e. The lowest BCUT2D eigenvalue weighted by Crippen LogP contribution is -2.15. The van der Waals surface area contributed by atoms with E-state index in [1.165, 1.54) is 24.2 Å². The minimum absolute atomic E-state index is 0.00295. The monoisotopic (exact) mass is 437 g/mol. The Labute approximate surface area is 187 Å². The molecule has 1 heterocycles. The summed E-state index contributed by atoms with van der Waals surface area (Å²) >= 11 is 1.47. The van der Waals surface area contributed by atoms with Crippen molar-refractivity contribution in [2.24, 2.45) is 0 Å². The Balaban J connectivity index is 1.65. The number of carbonyl (C=O) groups excluding carboxylic acids is 2. The molecule has 2 aromatic carbocycles. The van der Waals surface area contributed by atoms with Gasteiger partial charge in [-0.05, 0) is 58.0 Å². The number of hydrogen-bond donors (Lipinski definition) is 1. The largest absolute Gasteiger partial charge is 0.496 e. The van der Waals surface area contributed by atoms with Crippen LogP contribution in [-0.2, 0) is 10.5 Å². The van der Waals surface area contributed by atoms with E-state index in [0.717, 1.165) is 28.3 Å². The van der Waals surface area contributed by atoms with Crippen LogP contribution in [0.25, 0.3) is 5.69 Å². The van der Waals surface area contributed by atoms with Crippen LogP contribution in [0, 0.1) is 20.8 Å². The highest BCUT2D eigenvalue weighted by molar-refractivity contribution is 7.99. The number of rotatable bonds is 8. The van der Waals surface area contributed by atoms with Gasteiger partial charge in [0.05, 0.1) is 35.6 Å². The number of anilines is 1. The van der Waals surface area contributed by atoms with Gasteiger partial charge in [-0.3, -0.25) is 9.59 Å². The van der Waals surface area contributed by atoms with Crippen molar-refractivity contribution in [1.82, 2.24) is 9.78 Å². The number of nitrogens with one attached hydrogen (secondary N) is 1. The van der Waals surface area contributed by atoms with Crippen LogP contribution in [-0.4, -0.2) is 34.3 Å². The summed E-state index contributed by atoms with van der Waals surface area (Å²) in [4.78, 5) is 24.2. The van der Waals surface area contributed by atoms with Crippen LogP contribution in [0.5, 0.6) is 5.75 Å². The highest BCUT2D eigenvalue weighted by atomic mass is 32.2. The van der Waals surface area contributed by atoms with Crippen molar-refractivity contribution < 1.29 is 14.3 Å². The number of aryl methyl sites for hydroxylation is 2. The number of aromatic nitrogens is 2. The minimum atomic E-state index is -0.0960. The third-order valence-electron chi connectivity index (χ3n) is 5.01. The first-order valence-corrected chi connectivity index (χ1v) is 11.1. The van der Waals surface area contributed by atoms with Crippen LogP contribution < -0.4 is 10.1 Å². The topological polar surface area (TPSA) is 73.2 Å². The summed E-state index contributed by atoms with van der Waals surface area (Å²) in [5, 5.41) is 7.58. The second-order valence-corrected chi connectivity index (χ2v) is 8.40. The molecule has 162 valence electrons. The lowest BCUT2D eigenvalue weighted by molar-refractivity contribution is -0.113. The first-order chi connectivity index (χ1) is 14.8. The molecule has 0 aliphatic heterocycles. The van der Waals surface area contributed by atoms with E-state index in [-0.39, 0.29) is 17.4 Å². The third-order valence-corrected chi connectivity index (χ3v) is 5.99. The van der Waals surface area contributed by atoms with Crippen LogP contribution in [0.3, 0.4) is 0 Å². The van der Waals surface area contributed by atoms with Crippen LogP contribution in [0.15, 0.2) is 42.5 Å². The molecule has 0 saturated heterocycles. The van der Waals surface area contributed by atoms with E-state index in [2.05, 4.69) is 10.4 Å². The average Bonchev–Trinajstić information content (AvgIpc) is 3.02. The molecule has 0 radical (unpaired) electrons. The first-order valence-electron chi connectivity index (χ1n) is 9.99. The molecule has 0 fully saturated rings. The molecule has 0 unspecified atom stereocenters. The first kappa shape index (κ1) is 22.6. The Kier molecular flexibility index (Phi) is 7.17. The van der Waals surface area contributed by atoms with Gasteiger partial charge in [-0.25, -0.2) is 4.68 Å². The van der Waals surface area contributed by atoms with Crippen LogP contribution >= 0.6 is 11.8 Å². The van der Waals surface area contributed by atoms with E-state index in [1.807, 2.05) is 55.8 Å². The number of carbonyl (C=O) groups is 2. The molecule has 3 aromatic rings. The van der Waals surface area contributed by atoms with Gasteiger partial charge < -0.3 is 10.1 Å². The Morgan fingerprint density at radius 3 is 2.45 bits per heavy atom. The number of amides is 1. The molecule has 31 heavy (non-hydrogen) atoms. The number of methoxy groups -OCH3 is 1. The predicted octanol–water partition coefficient (Wildman–Crippen LogP) is 4.88. The van der Waals surface area contributed by atoms with Gasteiger partial charge in [0.2, 0.25) is 5.91 Å². The maximum absolute atomic E-state index is 12.6. The van der Waals surface area contributed by atoms with Crippen molar-refractivity contribution in [3.05, 3.63) is 70.5 Å². The second kappa shape index (κ2) is 9.83. The van der Waals surface area contributed by atoms with E-state index in [4.69, 9.17) is 4.74 Å². The molecule has 3 rings (SSSR count). The lowest BCUT2D eigenvalue weighted by atomic mass is 10.1. The second-order valence-electron chi connectivity index (χ2n) is 7.42. The maximum Gasteiger partial charge on any atom is 0.234 e. The molecule has 0 spiro atoms. The Morgan fingerprint density at radius 1 is 1.10 bits per heavy atom. The van der Waals surface area contributed by atoms with Gasteiger partial charge in [0.15, 0.2) is 5.78 Å². The summed E-state index contributed by atoms with van der Waals surface area (Å²) in [6, 6.07) is 13.5. The van der Waals surface area contributed by atoms with Crippen molar-refractivity contribution >= 4 is 29.1 Å². The molecule has 1 aromatic heterocycles. The van der Waals surface area contributed by atoms with Gasteiger partial charge in [0.25, 0.3) is 0 Å². The zero-order valence-corrected chi connectivity index (χ0v) is 19.3. The van der Waals surface area contributed by atoms with Gasteiger partial charge in [-0.15, -0.1) is 11.8 Å². The average molecular weight is 438 g/mol. The lowest BCUT2D eigenvalue weighted by Gasteiger charge is -2.10. The highest BCUT2D eigenvalue weighted by Crippen LogP contribution is 2.26. The van der Waals surface area contributed by atoms with E-state index in [1.54, 1.807) is 19.2 Å². The number of ketones is 1. The Hall–Kier alpha value is -3.06. The maximum atomic E-state index is 12.6. The van der Waals surface area contributed by atoms with Gasteiger partial charge in [-0.2, -0.15) is 5.10 Å². The molecule has 0 aliphatic rings. The van der Waals surface area contributed by atoms with Crippen LogP contribution in [0.1, 0.15) is 39.8 Å². The van der Waals surface area contributed by atoms with E-state index in [0.29, 0.717) is 17.1 Å². The van der Waals surface area contributed by atoms with E-state index < -0.39 is 0 Å². The molecule has 0 bridgehead atoms. The molecule has 0 atom stereocenters. The highest BCUT2D eigenvalue weighted by Gasteiger charge is 2.16. The number of ether oxygens (including phenoxy) is 1. The fourth-order valence-corrected chi connectivity index (χ4v) is 4.11. The summed E-state index contributed by atoms with van der Waals surface area (Å²) in [7, 11) is 1.60. The number of Topliss-reactive ketones (excluding diaryl/α,β-unsaturated/α-hetero) is 1. The summed E-state index contributed by atoms with van der Waals surface area (Å²) in [5.41, 5.74) is 6.06. The van der Waals surface area contributed by atoms with Crippen molar-refractivity contribution in [1.29, 1.82) is 0 Å². The fourth-order valence-electron chi connectivity index (χ4n) is 3.30. The Bertz CT molecular complexity index is 1100. The molecule has 1 N–H and O–H groups in total. The van der Waals surface area contributed by atoms with Crippen molar-refractivity contribution in [3.63, 3.8) is 0 Å². The number of hydrogen-bond acceptors (Lipinski definition) is 5. The van der Waals surface area contributed by atoms with Crippen molar-refractivity contribution in [2.45, 2.75) is 33.4 Å². The number of thioether (sulfide) groups is 1. The summed E-state index contributed by atoms with van der Waals surface area (Å²) in [5.74, 6) is 1.47. The Morgan fingerprint density at radius 2 is 1.81 bits per heavy atom. The molecule has 7 heteroatoms. The van der Waals surface area contributed by atoms with Crippen LogP contribution in [0.4, 0.5) is 5.69 Å². The zero-order valence-electron chi connectivity index (χ0n) is 18.5. The normalized spacial score (nSPS) is 10.7.